The van der Waals surface area contributed by atoms with Gasteiger partial charge in [0.15, 0.2) is 0 Å². The third-order valence-corrected chi connectivity index (χ3v) is 3.85. The molecular weight excluding hydrogens is 288 g/mol. The maximum atomic E-state index is 4.48. The van der Waals surface area contributed by atoms with E-state index in [4.69, 9.17) is 0 Å². The van der Waals surface area contributed by atoms with Crippen molar-refractivity contribution in [2.75, 3.05) is 0 Å². The summed E-state index contributed by atoms with van der Waals surface area (Å²) in [6.07, 6.45) is 3.93. The number of hydrogen-bond donors (Lipinski definition) is 0. The van der Waals surface area contributed by atoms with Crippen LogP contribution in [-0.2, 0) is 12.0 Å². The van der Waals surface area contributed by atoms with Crippen LogP contribution in [-0.4, -0.2) is 9.55 Å². The molecule has 1 aromatic carbocycles. The molecule has 0 saturated heterocycles. The summed E-state index contributed by atoms with van der Waals surface area (Å²) in [7, 11) is 0. The number of imidazole rings is 1. The molecule has 0 radical (unpaired) electrons. The first-order valence-corrected chi connectivity index (χ1v) is 6.94. The van der Waals surface area contributed by atoms with Gasteiger partial charge < -0.3 is 4.57 Å². The molecule has 96 valence electrons. The van der Waals surface area contributed by atoms with Gasteiger partial charge in [0.2, 0.25) is 0 Å². The SMILES string of the molecule is Cc1cc(Cn2ccnc2C(C)(C)C)ccc1Br. The van der Waals surface area contributed by atoms with Crippen LogP contribution >= 0.6 is 15.9 Å². The van der Waals surface area contributed by atoms with Crippen molar-refractivity contribution < 1.29 is 0 Å². The molecule has 0 aliphatic rings. The zero-order valence-electron chi connectivity index (χ0n) is 11.4. The molecule has 0 aliphatic carbocycles. The number of hydrogen-bond acceptors (Lipinski definition) is 1. The van der Waals surface area contributed by atoms with E-state index in [1.54, 1.807) is 0 Å². The Kier molecular flexibility index (Phi) is 3.62. The standard InChI is InChI=1S/C15H19BrN2/c1-11-9-12(5-6-13(11)16)10-18-8-7-17-14(18)15(2,3)4/h5-9H,10H2,1-4H3. The van der Waals surface area contributed by atoms with Crippen LogP contribution in [0.4, 0.5) is 0 Å². The maximum Gasteiger partial charge on any atom is 0.114 e. The first-order valence-electron chi connectivity index (χ1n) is 6.14. The lowest BCUT2D eigenvalue weighted by atomic mass is 9.95. The molecule has 2 aromatic rings. The van der Waals surface area contributed by atoms with Crippen molar-refractivity contribution in [1.82, 2.24) is 9.55 Å². The highest BCUT2D eigenvalue weighted by atomic mass is 79.9. The van der Waals surface area contributed by atoms with E-state index in [1.807, 2.05) is 6.20 Å². The zero-order chi connectivity index (χ0) is 13.3. The molecule has 0 N–H and O–H groups in total. The Morgan fingerprint density at radius 2 is 2.00 bits per heavy atom. The molecule has 0 amide bonds. The highest BCUT2D eigenvalue weighted by Gasteiger charge is 2.19. The van der Waals surface area contributed by atoms with Crippen LogP contribution in [0.1, 0.15) is 37.7 Å². The fourth-order valence-corrected chi connectivity index (χ4v) is 2.33. The molecule has 0 spiro atoms. The quantitative estimate of drug-likeness (QED) is 0.809. The highest BCUT2D eigenvalue weighted by Crippen LogP contribution is 2.22. The Morgan fingerprint density at radius 1 is 1.28 bits per heavy atom. The third kappa shape index (κ3) is 2.83. The van der Waals surface area contributed by atoms with E-state index in [0.717, 1.165) is 16.8 Å². The second-order valence-corrected chi connectivity index (χ2v) is 6.57. The highest BCUT2D eigenvalue weighted by molar-refractivity contribution is 9.10. The lowest BCUT2D eigenvalue weighted by Crippen LogP contribution is -2.19. The van der Waals surface area contributed by atoms with Crippen molar-refractivity contribution >= 4 is 15.9 Å². The molecular formula is C15H19BrN2. The monoisotopic (exact) mass is 306 g/mol. The van der Waals surface area contributed by atoms with Gasteiger partial charge in [-0.1, -0.05) is 48.8 Å². The predicted molar refractivity (Wildman–Crippen MR) is 78.9 cm³/mol. The number of benzene rings is 1. The van der Waals surface area contributed by atoms with Gasteiger partial charge in [0.25, 0.3) is 0 Å². The van der Waals surface area contributed by atoms with Crippen molar-refractivity contribution in [3.8, 4) is 0 Å². The Hall–Kier alpha value is -1.09. The van der Waals surface area contributed by atoms with Gasteiger partial charge >= 0.3 is 0 Å². The second kappa shape index (κ2) is 4.88. The van der Waals surface area contributed by atoms with Crippen LogP contribution in [0.2, 0.25) is 0 Å². The Balaban J connectivity index is 2.29. The summed E-state index contributed by atoms with van der Waals surface area (Å²) in [6.45, 7) is 9.57. The molecule has 0 unspecified atom stereocenters. The summed E-state index contributed by atoms with van der Waals surface area (Å²) in [4.78, 5) is 4.48. The summed E-state index contributed by atoms with van der Waals surface area (Å²) in [5.41, 5.74) is 2.65. The zero-order valence-corrected chi connectivity index (χ0v) is 13.0. The first kappa shape index (κ1) is 13.3. The van der Waals surface area contributed by atoms with Crippen molar-refractivity contribution in [2.45, 2.75) is 39.7 Å². The first-order chi connectivity index (χ1) is 8.38. The lowest BCUT2D eigenvalue weighted by Gasteiger charge is -2.20. The van der Waals surface area contributed by atoms with Gasteiger partial charge in [-0.2, -0.15) is 0 Å². The van der Waals surface area contributed by atoms with Gasteiger partial charge in [0.05, 0.1) is 0 Å². The number of aromatic nitrogens is 2. The van der Waals surface area contributed by atoms with Crippen molar-refractivity contribution in [2.24, 2.45) is 0 Å². The van der Waals surface area contributed by atoms with Crippen molar-refractivity contribution in [3.05, 3.63) is 52.0 Å². The molecule has 0 bridgehead atoms. The molecule has 18 heavy (non-hydrogen) atoms. The van der Waals surface area contributed by atoms with Gasteiger partial charge in [-0.3, -0.25) is 0 Å². The average Bonchev–Trinajstić information content (AvgIpc) is 2.71. The fraction of sp³-hybridized carbons (Fsp3) is 0.400. The van der Waals surface area contributed by atoms with Gasteiger partial charge in [-0.05, 0) is 24.1 Å². The number of nitrogens with zero attached hydrogens (tertiary/aromatic N) is 2. The van der Waals surface area contributed by atoms with E-state index in [1.165, 1.54) is 11.1 Å². The summed E-state index contributed by atoms with van der Waals surface area (Å²) < 4.78 is 3.38. The second-order valence-electron chi connectivity index (χ2n) is 5.71. The van der Waals surface area contributed by atoms with Gasteiger partial charge in [-0.25, -0.2) is 4.98 Å². The minimum Gasteiger partial charge on any atom is -0.330 e. The molecule has 2 rings (SSSR count). The van der Waals surface area contributed by atoms with Gasteiger partial charge in [0, 0.05) is 28.8 Å². The molecule has 0 fully saturated rings. The van der Waals surface area contributed by atoms with Crippen LogP contribution in [0, 0.1) is 6.92 Å². The topological polar surface area (TPSA) is 17.8 Å². The minimum absolute atomic E-state index is 0.0773. The molecule has 3 heteroatoms. The molecule has 1 heterocycles. The van der Waals surface area contributed by atoms with Crippen molar-refractivity contribution in [1.29, 1.82) is 0 Å². The number of halogens is 1. The van der Waals surface area contributed by atoms with Crippen molar-refractivity contribution in [3.63, 3.8) is 0 Å². The number of rotatable bonds is 2. The van der Waals surface area contributed by atoms with Gasteiger partial charge in [-0.15, -0.1) is 0 Å². The van der Waals surface area contributed by atoms with Crippen LogP contribution in [0.3, 0.4) is 0 Å². The fourth-order valence-electron chi connectivity index (χ4n) is 2.08. The molecule has 0 aliphatic heterocycles. The van der Waals surface area contributed by atoms with E-state index in [9.17, 15) is 0 Å². The lowest BCUT2D eigenvalue weighted by molar-refractivity contribution is 0.511. The summed E-state index contributed by atoms with van der Waals surface area (Å²) in [5, 5.41) is 0. The summed E-state index contributed by atoms with van der Waals surface area (Å²) in [6, 6.07) is 6.48. The van der Waals surface area contributed by atoms with E-state index in [2.05, 4.69) is 77.6 Å². The number of aryl methyl sites for hydroxylation is 1. The largest absolute Gasteiger partial charge is 0.330 e. The van der Waals surface area contributed by atoms with E-state index in [-0.39, 0.29) is 5.41 Å². The van der Waals surface area contributed by atoms with Crippen LogP contribution < -0.4 is 0 Å². The van der Waals surface area contributed by atoms with E-state index < -0.39 is 0 Å². The summed E-state index contributed by atoms with van der Waals surface area (Å²) >= 11 is 3.53. The molecule has 0 atom stereocenters. The van der Waals surface area contributed by atoms with Crippen LogP contribution in [0.5, 0.6) is 0 Å². The normalized spacial score (nSPS) is 11.8. The van der Waals surface area contributed by atoms with E-state index in [0.29, 0.717) is 0 Å². The third-order valence-electron chi connectivity index (χ3n) is 2.96. The molecule has 0 saturated carbocycles. The Labute approximate surface area is 117 Å². The summed E-state index contributed by atoms with van der Waals surface area (Å²) in [5.74, 6) is 1.13. The average molecular weight is 307 g/mol. The van der Waals surface area contributed by atoms with Crippen LogP contribution in [0.15, 0.2) is 35.1 Å². The predicted octanol–water partition coefficient (Wildman–Crippen LogP) is 4.30. The van der Waals surface area contributed by atoms with E-state index >= 15 is 0 Å². The van der Waals surface area contributed by atoms with Gasteiger partial charge in [0.1, 0.15) is 5.82 Å². The molecule has 1 aromatic heterocycles. The smallest absolute Gasteiger partial charge is 0.114 e. The minimum atomic E-state index is 0.0773. The maximum absolute atomic E-state index is 4.48. The molecule has 2 nitrogen and oxygen atoms in total. The van der Waals surface area contributed by atoms with Crippen LogP contribution in [0.25, 0.3) is 0 Å². The Morgan fingerprint density at radius 3 is 2.61 bits per heavy atom. The Bertz CT molecular complexity index is 550.